The van der Waals surface area contributed by atoms with Gasteiger partial charge in [0.25, 0.3) is 5.91 Å². The molecule has 0 aliphatic carbocycles. The summed E-state index contributed by atoms with van der Waals surface area (Å²) in [6, 6.07) is 4.55. The lowest BCUT2D eigenvalue weighted by molar-refractivity contribution is 0.0639. The van der Waals surface area contributed by atoms with Crippen LogP contribution in [0.4, 0.5) is 4.39 Å². The molecule has 1 saturated heterocycles. The highest BCUT2D eigenvalue weighted by Crippen LogP contribution is 2.26. The second-order valence-corrected chi connectivity index (χ2v) is 8.10. The van der Waals surface area contributed by atoms with Gasteiger partial charge in [-0.3, -0.25) is 4.79 Å². The third-order valence-corrected chi connectivity index (χ3v) is 5.83. The number of allylic oxidation sites excluding steroid dienone is 3. The monoisotopic (exact) mass is 474 g/mol. The van der Waals surface area contributed by atoms with E-state index in [0.29, 0.717) is 47.6 Å². The zero-order chi connectivity index (χ0) is 25.4. The maximum absolute atomic E-state index is 15.2. The standard InChI is InChI=1S/C27H31FN6O/c1-4-25-23(10-8-20(17-29)7-6-19(3)30)26(32-18-31-25)21-9-11-22(24(28)16-21)27(35)34-14-12-33(5-2)13-15-34/h6-7,9,11,16-18H,3-5,12-15,29-30H2,1-2H3/b7-6-,20-17+. The summed E-state index contributed by atoms with van der Waals surface area (Å²) in [5.74, 6) is 5.17. The summed E-state index contributed by atoms with van der Waals surface area (Å²) in [5, 5.41) is 0. The summed E-state index contributed by atoms with van der Waals surface area (Å²) in [5.41, 5.74) is 14.5. The number of nitrogens with zero attached hydrogens (tertiary/aromatic N) is 4. The Morgan fingerprint density at radius 3 is 2.54 bits per heavy atom. The molecule has 4 N–H and O–H groups in total. The van der Waals surface area contributed by atoms with E-state index in [9.17, 15) is 4.79 Å². The zero-order valence-electron chi connectivity index (χ0n) is 20.2. The van der Waals surface area contributed by atoms with E-state index < -0.39 is 5.82 Å². The van der Waals surface area contributed by atoms with Crippen LogP contribution in [0.2, 0.25) is 0 Å². The first kappa shape index (κ1) is 25.7. The largest absolute Gasteiger partial charge is 0.404 e. The highest BCUT2D eigenvalue weighted by atomic mass is 19.1. The van der Waals surface area contributed by atoms with Gasteiger partial charge in [-0.1, -0.05) is 38.3 Å². The minimum Gasteiger partial charge on any atom is -0.404 e. The number of carbonyl (C=O) groups excluding carboxylic acids is 1. The molecule has 8 heteroatoms. The Bertz CT molecular complexity index is 1220. The topological polar surface area (TPSA) is 101 Å². The Labute approximate surface area is 206 Å². The minimum absolute atomic E-state index is 0.0524. The molecule has 0 unspecified atom stereocenters. The summed E-state index contributed by atoms with van der Waals surface area (Å²) in [6.07, 6.45) is 6.66. The molecule has 0 bridgehead atoms. The minimum atomic E-state index is -0.590. The Balaban J connectivity index is 1.93. The van der Waals surface area contributed by atoms with Crippen molar-refractivity contribution in [2.24, 2.45) is 11.5 Å². The first-order valence-electron chi connectivity index (χ1n) is 11.6. The molecule has 1 aromatic carbocycles. The van der Waals surface area contributed by atoms with Gasteiger partial charge in [0.05, 0.1) is 22.5 Å². The Hall–Kier alpha value is -3.96. The lowest BCUT2D eigenvalue weighted by Gasteiger charge is -2.34. The Kier molecular flexibility index (Phi) is 8.76. The lowest BCUT2D eigenvalue weighted by Crippen LogP contribution is -2.48. The van der Waals surface area contributed by atoms with E-state index in [4.69, 9.17) is 11.5 Å². The van der Waals surface area contributed by atoms with Gasteiger partial charge in [0.2, 0.25) is 0 Å². The van der Waals surface area contributed by atoms with Crippen LogP contribution in [-0.2, 0) is 6.42 Å². The van der Waals surface area contributed by atoms with E-state index in [0.717, 1.165) is 25.3 Å². The molecule has 1 aliphatic heterocycles. The molecular weight excluding hydrogens is 443 g/mol. The quantitative estimate of drug-likeness (QED) is 0.493. The second kappa shape index (κ2) is 12.0. The number of halogens is 1. The van der Waals surface area contributed by atoms with Crippen LogP contribution < -0.4 is 11.5 Å². The van der Waals surface area contributed by atoms with Crippen molar-refractivity contribution in [1.29, 1.82) is 0 Å². The molecule has 35 heavy (non-hydrogen) atoms. The maximum atomic E-state index is 15.2. The molecule has 7 nitrogen and oxygen atoms in total. The Morgan fingerprint density at radius 2 is 1.94 bits per heavy atom. The molecule has 0 atom stereocenters. The fraction of sp³-hybridized carbons (Fsp3) is 0.296. The molecule has 1 amide bonds. The number of likely N-dealkylation sites (N-methyl/N-ethyl adjacent to an activating group) is 1. The van der Waals surface area contributed by atoms with Crippen LogP contribution in [0.1, 0.15) is 35.5 Å². The van der Waals surface area contributed by atoms with Gasteiger partial charge in [-0.25, -0.2) is 14.4 Å². The van der Waals surface area contributed by atoms with Crippen molar-refractivity contribution >= 4 is 5.91 Å². The molecule has 0 saturated carbocycles. The first-order valence-corrected chi connectivity index (χ1v) is 11.6. The van der Waals surface area contributed by atoms with Gasteiger partial charge in [-0.15, -0.1) is 0 Å². The summed E-state index contributed by atoms with van der Waals surface area (Å²) >= 11 is 0. The average molecular weight is 475 g/mol. The van der Waals surface area contributed by atoms with Crippen molar-refractivity contribution in [2.75, 3.05) is 32.7 Å². The fourth-order valence-electron chi connectivity index (χ4n) is 3.78. The van der Waals surface area contributed by atoms with Crippen molar-refractivity contribution in [2.45, 2.75) is 20.3 Å². The van der Waals surface area contributed by atoms with Gasteiger partial charge in [0, 0.05) is 49.2 Å². The van der Waals surface area contributed by atoms with Crippen LogP contribution in [0.25, 0.3) is 11.3 Å². The van der Waals surface area contributed by atoms with Crippen molar-refractivity contribution in [3.8, 4) is 23.1 Å². The van der Waals surface area contributed by atoms with Gasteiger partial charge in [-0.2, -0.15) is 0 Å². The van der Waals surface area contributed by atoms with Gasteiger partial charge >= 0.3 is 0 Å². The van der Waals surface area contributed by atoms with Crippen molar-refractivity contribution in [1.82, 2.24) is 19.8 Å². The van der Waals surface area contributed by atoms with Crippen molar-refractivity contribution in [3.05, 3.63) is 83.4 Å². The number of amides is 1. The average Bonchev–Trinajstić information content (AvgIpc) is 2.88. The third-order valence-electron chi connectivity index (χ3n) is 5.83. The fourth-order valence-corrected chi connectivity index (χ4v) is 3.78. The smallest absolute Gasteiger partial charge is 0.256 e. The molecule has 182 valence electrons. The van der Waals surface area contributed by atoms with Crippen LogP contribution in [0.5, 0.6) is 0 Å². The molecule has 0 radical (unpaired) electrons. The summed E-state index contributed by atoms with van der Waals surface area (Å²) in [4.78, 5) is 25.6. The van der Waals surface area contributed by atoms with Crippen LogP contribution in [0, 0.1) is 17.7 Å². The molecule has 1 aromatic heterocycles. The number of hydrogen-bond acceptors (Lipinski definition) is 6. The van der Waals surface area contributed by atoms with Crippen LogP contribution >= 0.6 is 0 Å². The van der Waals surface area contributed by atoms with Gasteiger partial charge in [0.15, 0.2) is 0 Å². The molecule has 3 rings (SSSR count). The van der Waals surface area contributed by atoms with Crippen LogP contribution in [0.3, 0.4) is 0 Å². The van der Waals surface area contributed by atoms with Crippen molar-refractivity contribution < 1.29 is 9.18 Å². The second-order valence-electron chi connectivity index (χ2n) is 8.10. The van der Waals surface area contributed by atoms with E-state index in [2.05, 4.69) is 40.2 Å². The van der Waals surface area contributed by atoms with Gasteiger partial charge in [0.1, 0.15) is 12.1 Å². The summed E-state index contributed by atoms with van der Waals surface area (Å²) in [7, 11) is 0. The zero-order valence-corrected chi connectivity index (χ0v) is 20.2. The number of benzene rings is 1. The highest BCUT2D eigenvalue weighted by molar-refractivity contribution is 5.95. The van der Waals surface area contributed by atoms with E-state index in [-0.39, 0.29) is 11.5 Å². The number of hydrogen-bond donors (Lipinski definition) is 2. The van der Waals surface area contributed by atoms with Crippen molar-refractivity contribution in [3.63, 3.8) is 0 Å². The van der Waals surface area contributed by atoms with E-state index in [1.165, 1.54) is 24.7 Å². The van der Waals surface area contributed by atoms with E-state index >= 15 is 4.39 Å². The maximum Gasteiger partial charge on any atom is 0.256 e. The van der Waals surface area contributed by atoms with Gasteiger partial charge in [-0.05, 0) is 37.3 Å². The normalized spacial score (nSPS) is 14.6. The third kappa shape index (κ3) is 6.34. The van der Waals surface area contributed by atoms with Gasteiger partial charge < -0.3 is 21.3 Å². The number of aryl methyl sites for hydroxylation is 1. The van der Waals surface area contributed by atoms with E-state index in [1.807, 2.05) is 6.92 Å². The molecular formula is C27H31FN6O. The molecule has 2 aromatic rings. The highest BCUT2D eigenvalue weighted by Gasteiger charge is 2.24. The number of carbonyl (C=O) groups is 1. The molecule has 1 fully saturated rings. The number of aromatic nitrogens is 2. The van der Waals surface area contributed by atoms with Crippen LogP contribution in [0.15, 0.2) is 60.7 Å². The molecule has 2 heterocycles. The molecule has 0 spiro atoms. The number of rotatable bonds is 6. The number of piperazine rings is 1. The Morgan fingerprint density at radius 1 is 1.20 bits per heavy atom. The van der Waals surface area contributed by atoms with Crippen LogP contribution in [-0.4, -0.2) is 58.4 Å². The molecule has 1 aliphatic rings. The summed E-state index contributed by atoms with van der Waals surface area (Å²) in [6.45, 7) is 11.4. The lowest BCUT2D eigenvalue weighted by atomic mass is 10.0. The predicted molar refractivity (Wildman–Crippen MR) is 136 cm³/mol. The van der Waals surface area contributed by atoms with E-state index in [1.54, 1.807) is 23.1 Å². The summed E-state index contributed by atoms with van der Waals surface area (Å²) < 4.78 is 15.2. The predicted octanol–water partition coefficient (Wildman–Crippen LogP) is 2.85. The number of nitrogens with two attached hydrogens (primary N) is 2. The first-order chi connectivity index (χ1) is 16.9. The SMILES string of the molecule is C=C(N)/C=C\C(C#Cc1c(CC)ncnc1-c1ccc(C(=O)N2CCN(CC)CC2)c(F)c1)=C/N.